The van der Waals surface area contributed by atoms with Gasteiger partial charge in [0.2, 0.25) is 5.75 Å². The SMILES string of the molecule is CN1CCN(c2ccc([N+](=O)[O-])c(O)c2F)CC1. The number of halogens is 1. The first kappa shape index (κ1) is 12.6. The van der Waals surface area contributed by atoms with E-state index in [2.05, 4.69) is 4.90 Å². The maximum absolute atomic E-state index is 13.9. The van der Waals surface area contributed by atoms with E-state index in [9.17, 15) is 19.6 Å². The van der Waals surface area contributed by atoms with E-state index < -0.39 is 22.2 Å². The Labute approximate surface area is 103 Å². The quantitative estimate of drug-likeness (QED) is 0.635. The average Bonchev–Trinajstić information content (AvgIpc) is 2.33. The lowest BCUT2D eigenvalue weighted by Gasteiger charge is -2.34. The van der Waals surface area contributed by atoms with Crippen molar-refractivity contribution in [2.45, 2.75) is 0 Å². The molecule has 0 amide bonds. The number of hydrogen-bond donors (Lipinski definition) is 1. The third kappa shape index (κ3) is 2.21. The molecule has 1 aliphatic heterocycles. The van der Waals surface area contributed by atoms with E-state index in [1.807, 2.05) is 7.05 Å². The van der Waals surface area contributed by atoms with E-state index in [1.165, 1.54) is 6.07 Å². The van der Waals surface area contributed by atoms with Crippen molar-refractivity contribution >= 4 is 11.4 Å². The molecule has 0 radical (unpaired) electrons. The smallest absolute Gasteiger partial charge is 0.313 e. The Morgan fingerprint density at radius 1 is 1.33 bits per heavy atom. The predicted octanol–water partition coefficient (Wildman–Crippen LogP) is 1.19. The molecule has 1 saturated heterocycles. The second-order valence-electron chi connectivity index (χ2n) is 4.31. The number of benzene rings is 1. The fraction of sp³-hybridized carbons (Fsp3) is 0.455. The Morgan fingerprint density at radius 2 is 1.94 bits per heavy atom. The van der Waals surface area contributed by atoms with E-state index in [-0.39, 0.29) is 5.69 Å². The first-order valence-electron chi connectivity index (χ1n) is 5.60. The number of aromatic hydroxyl groups is 1. The lowest BCUT2D eigenvalue weighted by molar-refractivity contribution is -0.386. The summed E-state index contributed by atoms with van der Waals surface area (Å²) in [6, 6.07) is 2.48. The molecular formula is C11H14FN3O3. The third-order valence-electron chi connectivity index (χ3n) is 3.12. The normalized spacial score (nSPS) is 16.9. The molecule has 0 bridgehead atoms. The van der Waals surface area contributed by atoms with Crippen LogP contribution in [0.5, 0.6) is 5.75 Å². The average molecular weight is 255 g/mol. The lowest BCUT2D eigenvalue weighted by Crippen LogP contribution is -2.44. The van der Waals surface area contributed by atoms with Crippen molar-refractivity contribution in [3.05, 3.63) is 28.1 Å². The molecular weight excluding hydrogens is 241 g/mol. The zero-order valence-electron chi connectivity index (χ0n) is 9.97. The van der Waals surface area contributed by atoms with Crippen LogP contribution in [0.15, 0.2) is 12.1 Å². The van der Waals surface area contributed by atoms with Gasteiger partial charge in [0.1, 0.15) is 0 Å². The van der Waals surface area contributed by atoms with Crippen LogP contribution < -0.4 is 4.90 Å². The molecule has 1 aromatic rings. The molecule has 2 rings (SSSR count). The Balaban J connectivity index is 2.30. The van der Waals surface area contributed by atoms with Crippen molar-refractivity contribution in [2.24, 2.45) is 0 Å². The number of phenols is 1. The van der Waals surface area contributed by atoms with Crippen LogP contribution in [-0.2, 0) is 0 Å². The van der Waals surface area contributed by atoms with Crippen molar-refractivity contribution < 1.29 is 14.4 Å². The number of hydrogen-bond acceptors (Lipinski definition) is 5. The molecule has 0 unspecified atom stereocenters. The number of nitro groups is 1. The van der Waals surface area contributed by atoms with Crippen molar-refractivity contribution in [1.82, 2.24) is 4.90 Å². The fourth-order valence-corrected chi connectivity index (χ4v) is 1.98. The molecule has 1 aliphatic rings. The number of piperazine rings is 1. The summed E-state index contributed by atoms with van der Waals surface area (Å²) in [5.41, 5.74) is -0.392. The number of nitrogens with zero attached hydrogens (tertiary/aromatic N) is 3. The molecule has 18 heavy (non-hydrogen) atoms. The largest absolute Gasteiger partial charge is 0.500 e. The number of nitro benzene ring substituents is 1. The fourth-order valence-electron chi connectivity index (χ4n) is 1.98. The van der Waals surface area contributed by atoms with Crippen LogP contribution in [-0.4, -0.2) is 48.2 Å². The van der Waals surface area contributed by atoms with Gasteiger partial charge in [-0.05, 0) is 13.1 Å². The molecule has 98 valence electrons. The van der Waals surface area contributed by atoms with E-state index in [0.29, 0.717) is 13.1 Å². The van der Waals surface area contributed by atoms with Gasteiger partial charge in [0.25, 0.3) is 0 Å². The second-order valence-corrected chi connectivity index (χ2v) is 4.31. The van der Waals surface area contributed by atoms with Crippen molar-refractivity contribution in [3.63, 3.8) is 0 Å². The topological polar surface area (TPSA) is 69.9 Å². The highest BCUT2D eigenvalue weighted by Crippen LogP contribution is 2.35. The monoisotopic (exact) mass is 255 g/mol. The maximum Gasteiger partial charge on any atom is 0.313 e. The zero-order chi connectivity index (χ0) is 13.3. The van der Waals surface area contributed by atoms with Gasteiger partial charge in [-0.2, -0.15) is 0 Å². The summed E-state index contributed by atoms with van der Waals surface area (Å²) in [6.07, 6.45) is 0. The van der Waals surface area contributed by atoms with Crippen molar-refractivity contribution in [1.29, 1.82) is 0 Å². The van der Waals surface area contributed by atoms with Gasteiger partial charge in [-0.1, -0.05) is 0 Å². The van der Waals surface area contributed by atoms with Gasteiger partial charge in [-0.15, -0.1) is 0 Å². The van der Waals surface area contributed by atoms with Gasteiger partial charge in [0.15, 0.2) is 5.82 Å². The molecule has 1 fully saturated rings. The highest BCUT2D eigenvalue weighted by atomic mass is 19.1. The van der Waals surface area contributed by atoms with Gasteiger partial charge in [0, 0.05) is 32.2 Å². The third-order valence-corrected chi connectivity index (χ3v) is 3.12. The predicted molar refractivity (Wildman–Crippen MR) is 64.4 cm³/mol. The minimum atomic E-state index is -0.922. The molecule has 7 heteroatoms. The van der Waals surface area contributed by atoms with E-state index in [0.717, 1.165) is 19.2 Å². The minimum absolute atomic E-state index is 0.214. The first-order chi connectivity index (χ1) is 8.50. The molecule has 6 nitrogen and oxygen atoms in total. The molecule has 1 N–H and O–H groups in total. The Morgan fingerprint density at radius 3 is 2.50 bits per heavy atom. The van der Waals surface area contributed by atoms with Crippen LogP contribution in [0.3, 0.4) is 0 Å². The van der Waals surface area contributed by atoms with Crippen LogP contribution in [0.4, 0.5) is 15.8 Å². The van der Waals surface area contributed by atoms with Gasteiger partial charge < -0.3 is 14.9 Å². The Hall–Kier alpha value is -1.89. The summed E-state index contributed by atoms with van der Waals surface area (Å²) in [5, 5.41) is 20.0. The van der Waals surface area contributed by atoms with E-state index in [4.69, 9.17) is 0 Å². The molecule has 0 atom stereocenters. The minimum Gasteiger partial charge on any atom is -0.500 e. The maximum atomic E-state index is 13.9. The second kappa shape index (κ2) is 4.77. The lowest BCUT2D eigenvalue weighted by atomic mass is 10.2. The van der Waals surface area contributed by atoms with Gasteiger partial charge in [-0.3, -0.25) is 10.1 Å². The summed E-state index contributed by atoms with van der Waals surface area (Å²) >= 11 is 0. The van der Waals surface area contributed by atoms with Crippen LogP contribution in [0, 0.1) is 15.9 Å². The highest BCUT2D eigenvalue weighted by Gasteiger charge is 2.24. The standard InChI is InChI=1S/C11H14FN3O3/c1-13-4-6-14(7-5-13)8-2-3-9(15(17)18)11(16)10(8)12/h2-3,16H,4-7H2,1H3. The number of likely N-dealkylation sites (N-methyl/N-ethyl adjacent to an activating group) is 1. The molecule has 0 spiro atoms. The van der Waals surface area contributed by atoms with Crippen LogP contribution in [0.25, 0.3) is 0 Å². The Kier molecular flexibility index (Phi) is 3.33. The van der Waals surface area contributed by atoms with Crippen LogP contribution in [0.1, 0.15) is 0 Å². The summed E-state index contributed by atoms with van der Waals surface area (Å²) in [5.74, 6) is -1.81. The number of anilines is 1. The van der Waals surface area contributed by atoms with E-state index in [1.54, 1.807) is 4.90 Å². The van der Waals surface area contributed by atoms with Crippen LogP contribution in [0.2, 0.25) is 0 Å². The number of phenolic OH excluding ortho intramolecular Hbond substituents is 1. The van der Waals surface area contributed by atoms with Gasteiger partial charge in [0.05, 0.1) is 10.6 Å². The summed E-state index contributed by atoms with van der Waals surface area (Å²) in [7, 11) is 1.97. The number of rotatable bonds is 2. The summed E-state index contributed by atoms with van der Waals surface area (Å²) in [4.78, 5) is 13.7. The van der Waals surface area contributed by atoms with Crippen molar-refractivity contribution in [2.75, 3.05) is 38.1 Å². The first-order valence-corrected chi connectivity index (χ1v) is 5.60. The molecule has 0 aromatic heterocycles. The summed E-state index contributed by atoms with van der Waals surface area (Å²) in [6.45, 7) is 2.84. The van der Waals surface area contributed by atoms with Gasteiger partial charge >= 0.3 is 5.69 Å². The van der Waals surface area contributed by atoms with Crippen LogP contribution >= 0.6 is 0 Å². The molecule has 1 heterocycles. The van der Waals surface area contributed by atoms with E-state index >= 15 is 0 Å². The summed E-state index contributed by atoms with van der Waals surface area (Å²) < 4.78 is 13.9. The highest BCUT2D eigenvalue weighted by molar-refractivity contribution is 5.60. The molecule has 0 saturated carbocycles. The van der Waals surface area contributed by atoms with Gasteiger partial charge in [-0.25, -0.2) is 4.39 Å². The van der Waals surface area contributed by atoms with Crippen molar-refractivity contribution in [3.8, 4) is 5.75 Å². The zero-order valence-corrected chi connectivity index (χ0v) is 9.97. The molecule has 1 aromatic carbocycles. The Bertz CT molecular complexity index is 473. The molecule has 0 aliphatic carbocycles.